The highest BCUT2D eigenvalue weighted by Crippen LogP contribution is 2.31. The zero-order valence-corrected chi connectivity index (χ0v) is 17.9. The predicted octanol–water partition coefficient (Wildman–Crippen LogP) is 2.68. The second kappa shape index (κ2) is 9.32. The van der Waals surface area contributed by atoms with Gasteiger partial charge in [0, 0.05) is 23.7 Å². The van der Waals surface area contributed by atoms with E-state index in [0.29, 0.717) is 17.3 Å². The molecule has 1 atom stereocenters. The number of aryl methyl sites for hydroxylation is 2. The van der Waals surface area contributed by atoms with E-state index in [-0.39, 0.29) is 23.4 Å². The third kappa shape index (κ3) is 4.91. The molecule has 0 saturated carbocycles. The summed E-state index contributed by atoms with van der Waals surface area (Å²) in [6, 6.07) is 7.77. The van der Waals surface area contributed by atoms with Gasteiger partial charge < -0.3 is 9.26 Å². The Labute approximate surface area is 176 Å². The Hall–Kier alpha value is -2.52. The molecule has 0 spiro atoms. The van der Waals surface area contributed by atoms with E-state index in [1.165, 1.54) is 23.4 Å². The molecule has 0 saturated heterocycles. The molecule has 2 heterocycles. The summed E-state index contributed by atoms with van der Waals surface area (Å²) in [4.78, 5) is 28.9. The first-order valence-electron chi connectivity index (χ1n) is 8.87. The molecule has 0 aliphatic heterocycles. The first-order valence-corrected chi connectivity index (χ1v) is 10.5. The van der Waals surface area contributed by atoms with Crippen LogP contribution in [0.1, 0.15) is 28.9 Å². The van der Waals surface area contributed by atoms with Gasteiger partial charge in [0.2, 0.25) is 11.6 Å². The average molecular weight is 437 g/mol. The zero-order valence-electron chi connectivity index (χ0n) is 16.3. The van der Waals surface area contributed by atoms with Crippen molar-refractivity contribution >= 4 is 23.4 Å². The van der Waals surface area contributed by atoms with Crippen LogP contribution in [0.25, 0.3) is 0 Å². The molecular weight excluding hydrogens is 416 g/mol. The smallest absolute Gasteiger partial charge is 0.331 e. The molecule has 0 amide bonds. The number of thioether (sulfide) groups is 1. The number of methoxy groups -OCH3 is 1. The Morgan fingerprint density at radius 1 is 1.28 bits per heavy atom. The Bertz CT molecular complexity index is 1090. The molecule has 29 heavy (non-hydrogen) atoms. The van der Waals surface area contributed by atoms with Crippen LogP contribution >= 0.6 is 23.4 Å². The highest BCUT2D eigenvalue weighted by molar-refractivity contribution is 7.98. The fourth-order valence-electron chi connectivity index (χ4n) is 2.93. The summed E-state index contributed by atoms with van der Waals surface area (Å²) in [5.41, 5.74) is 0.151. The molecule has 0 N–H and O–H groups in total. The summed E-state index contributed by atoms with van der Waals surface area (Å²) in [7, 11) is 2.92. The lowest BCUT2D eigenvalue weighted by Crippen LogP contribution is -2.39. The SMILES string of the molecule is COc1cn(C)c(=O)n(Cc2nc(CCC(SC)c3ccc(Cl)cc3)no2)c1=O. The first-order chi connectivity index (χ1) is 13.9. The minimum absolute atomic E-state index is 0.0672. The molecule has 3 aromatic rings. The van der Waals surface area contributed by atoms with Crippen molar-refractivity contribution in [3.8, 4) is 5.75 Å². The quantitative estimate of drug-likeness (QED) is 0.536. The Kier molecular flexibility index (Phi) is 6.81. The van der Waals surface area contributed by atoms with Gasteiger partial charge in [-0.15, -0.1) is 0 Å². The number of hydrogen-bond donors (Lipinski definition) is 0. The standard InChI is InChI=1S/C19H21ClN4O4S/c1-23-10-14(27-2)18(25)24(19(23)26)11-17-21-16(22-28-17)9-8-15(29-3)12-4-6-13(20)7-5-12/h4-7,10,15H,8-9,11H2,1-3H3. The fraction of sp³-hybridized carbons (Fsp3) is 0.368. The molecule has 1 aromatic carbocycles. The normalized spacial score (nSPS) is 12.1. The maximum absolute atomic E-state index is 12.3. The number of rotatable bonds is 8. The Morgan fingerprint density at radius 3 is 2.66 bits per heavy atom. The highest BCUT2D eigenvalue weighted by Gasteiger charge is 2.16. The van der Waals surface area contributed by atoms with Crippen molar-refractivity contribution in [1.29, 1.82) is 0 Å². The minimum atomic E-state index is -0.541. The van der Waals surface area contributed by atoms with Crippen LogP contribution in [0, 0.1) is 0 Å². The van der Waals surface area contributed by atoms with E-state index in [4.69, 9.17) is 20.9 Å². The summed E-state index contributed by atoms with van der Waals surface area (Å²) in [6.45, 7) is -0.112. The maximum atomic E-state index is 12.3. The third-order valence-corrected chi connectivity index (χ3v) is 5.81. The van der Waals surface area contributed by atoms with Crippen LogP contribution in [0.3, 0.4) is 0 Å². The van der Waals surface area contributed by atoms with Crippen molar-refractivity contribution in [2.75, 3.05) is 13.4 Å². The van der Waals surface area contributed by atoms with Crippen molar-refractivity contribution in [1.82, 2.24) is 19.3 Å². The van der Waals surface area contributed by atoms with Crippen molar-refractivity contribution in [2.24, 2.45) is 7.05 Å². The van der Waals surface area contributed by atoms with Crippen LogP contribution in [0.5, 0.6) is 5.75 Å². The molecule has 0 radical (unpaired) electrons. The van der Waals surface area contributed by atoms with Gasteiger partial charge in [0.05, 0.1) is 13.3 Å². The van der Waals surface area contributed by atoms with Crippen LogP contribution in [-0.2, 0) is 20.0 Å². The monoisotopic (exact) mass is 436 g/mol. The first kappa shape index (κ1) is 21.2. The lowest BCUT2D eigenvalue weighted by molar-refractivity contribution is 0.354. The maximum Gasteiger partial charge on any atom is 0.331 e. The van der Waals surface area contributed by atoms with Crippen molar-refractivity contribution in [3.05, 3.63) is 73.6 Å². The summed E-state index contributed by atoms with van der Waals surface area (Å²) in [5.74, 6) is 0.790. The van der Waals surface area contributed by atoms with Crippen LogP contribution in [0.4, 0.5) is 0 Å². The Morgan fingerprint density at radius 2 is 2.00 bits per heavy atom. The van der Waals surface area contributed by atoms with Gasteiger partial charge in [-0.1, -0.05) is 28.9 Å². The van der Waals surface area contributed by atoms with Gasteiger partial charge in [-0.2, -0.15) is 16.7 Å². The van der Waals surface area contributed by atoms with Gasteiger partial charge in [-0.25, -0.2) is 9.36 Å². The van der Waals surface area contributed by atoms with E-state index < -0.39 is 11.2 Å². The van der Waals surface area contributed by atoms with E-state index >= 15 is 0 Å². The number of halogens is 1. The number of benzene rings is 1. The summed E-state index contributed by atoms with van der Waals surface area (Å²) < 4.78 is 12.5. The molecule has 3 rings (SSSR count). The summed E-state index contributed by atoms with van der Waals surface area (Å²) >= 11 is 7.69. The molecular formula is C19H21ClN4O4S. The molecule has 0 aliphatic carbocycles. The molecule has 0 bridgehead atoms. The van der Waals surface area contributed by atoms with E-state index in [1.54, 1.807) is 18.8 Å². The van der Waals surface area contributed by atoms with E-state index in [2.05, 4.69) is 10.1 Å². The molecule has 1 unspecified atom stereocenters. The highest BCUT2D eigenvalue weighted by atomic mass is 35.5. The van der Waals surface area contributed by atoms with E-state index in [9.17, 15) is 9.59 Å². The predicted molar refractivity (Wildman–Crippen MR) is 112 cm³/mol. The number of hydrogen-bond acceptors (Lipinski definition) is 7. The van der Waals surface area contributed by atoms with Crippen molar-refractivity contribution in [2.45, 2.75) is 24.6 Å². The number of nitrogens with zero attached hydrogens (tertiary/aromatic N) is 4. The zero-order chi connectivity index (χ0) is 21.0. The average Bonchev–Trinajstić information content (AvgIpc) is 3.17. The topological polar surface area (TPSA) is 92.2 Å². The van der Waals surface area contributed by atoms with E-state index in [1.807, 2.05) is 30.5 Å². The summed E-state index contributed by atoms with van der Waals surface area (Å²) in [5, 5.41) is 4.95. The van der Waals surface area contributed by atoms with Crippen molar-refractivity contribution < 1.29 is 9.26 Å². The Balaban J connectivity index is 1.72. The largest absolute Gasteiger partial charge is 0.490 e. The van der Waals surface area contributed by atoms with Crippen LogP contribution in [0.2, 0.25) is 5.02 Å². The van der Waals surface area contributed by atoms with Crippen LogP contribution < -0.4 is 16.0 Å². The second-order valence-electron chi connectivity index (χ2n) is 6.40. The van der Waals surface area contributed by atoms with Gasteiger partial charge in [-0.05, 0) is 30.4 Å². The van der Waals surface area contributed by atoms with Crippen molar-refractivity contribution in [3.63, 3.8) is 0 Å². The van der Waals surface area contributed by atoms with Crippen LogP contribution in [0.15, 0.2) is 44.6 Å². The fourth-order valence-corrected chi connectivity index (χ4v) is 3.83. The number of ether oxygens (including phenoxy) is 1. The molecule has 2 aromatic heterocycles. The molecule has 10 heteroatoms. The lowest BCUT2D eigenvalue weighted by atomic mass is 10.1. The van der Waals surface area contributed by atoms with Gasteiger partial charge in [0.15, 0.2) is 5.82 Å². The van der Waals surface area contributed by atoms with Crippen LogP contribution in [-0.4, -0.2) is 32.6 Å². The van der Waals surface area contributed by atoms with Gasteiger partial charge in [-0.3, -0.25) is 9.36 Å². The van der Waals surface area contributed by atoms with Gasteiger partial charge in [0.25, 0.3) is 5.56 Å². The van der Waals surface area contributed by atoms with Gasteiger partial charge >= 0.3 is 5.69 Å². The van der Waals surface area contributed by atoms with Gasteiger partial charge in [0.1, 0.15) is 6.54 Å². The minimum Gasteiger partial charge on any atom is -0.490 e. The molecule has 154 valence electrons. The second-order valence-corrected chi connectivity index (χ2v) is 7.88. The third-order valence-electron chi connectivity index (χ3n) is 4.48. The van der Waals surface area contributed by atoms with E-state index in [0.717, 1.165) is 11.0 Å². The molecule has 8 nitrogen and oxygen atoms in total. The molecule has 0 fully saturated rings. The summed E-state index contributed by atoms with van der Waals surface area (Å²) in [6.07, 6.45) is 4.80. The number of aromatic nitrogens is 4. The lowest BCUT2D eigenvalue weighted by Gasteiger charge is -2.13. The molecule has 0 aliphatic rings.